The average Bonchev–Trinajstić information content (AvgIpc) is 3.64. The second-order valence-electron chi connectivity index (χ2n) is 16.9. The third-order valence-electron chi connectivity index (χ3n) is 12.7. The van der Waals surface area contributed by atoms with E-state index in [1.807, 2.05) is 72.8 Å². The zero-order valence-corrected chi connectivity index (χ0v) is 35.7. The van der Waals surface area contributed by atoms with E-state index in [0.717, 1.165) is 71.4 Å². The Balaban J connectivity index is 0.870. The fourth-order valence-corrected chi connectivity index (χ4v) is 9.09. The van der Waals surface area contributed by atoms with E-state index >= 15 is 0 Å². The van der Waals surface area contributed by atoms with Crippen molar-refractivity contribution in [1.82, 2.24) is 15.5 Å². The highest BCUT2D eigenvalue weighted by molar-refractivity contribution is 5.94. The number of nitrogens with one attached hydrogen (secondary N) is 3. The van der Waals surface area contributed by atoms with E-state index in [1.165, 1.54) is 0 Å². The summed E-state index contributed by atoms with van der Waals surface area (Å²) in [6, 6.07) is 41.7. The van der Waals surface area contributed by atoms with Gasteiger partial charge in [-0.3, -0.25) is 14.4 Å². The van der Waals surface area contributed by atoms with E-state index in [9.17, 15) is 19.5 Å². The summed E-state index contributed by atoms with van der Waals surface area (Å²) in [5, 5.41) is 18.7. The minimum atomic E-state index is -0.600. The van der Waals surface area contributed by atoms with E-state index < -0.39 is 11.8 Å². The molecule has 3 aliphatic rings. The molecule has 0 saturated carbocycles. The van der Waals surface area contributed by atoms with Gasteiger partial charge in [0.25, 0.3) is 0 Å². The fraction of sp³-hybridized carbons (Fsp3) is 0.353. The molecule has 3 aliphatic heterocycles. The van der Waals surface area contributed by atoms with Crippen LogP contribution in [0.15, 0.2) is 127 Å². The van der Waals surface area contributed by atoms with Crippen LogP contribution in [-0.2, 0) is 37.0 Å². The molecule has 0 bridgehead atoms. The number of likely N-dealkylation sites (tertiary alicyclic amines) is 1. The van der Waals surface area contributed by atoms with E-state index in [0.29, 0.717) is 63.2 Å². The Morgan fingerprint density at radius 1 is 0.778 bits per heavy atom. The Morgan fingerprint density at radius 2 is 1.46 bits per heavy atom. The number of aliphatic hydroxyl groups is 1. The molecular formula is C51H58N6O6. The first-order chi connectivity index (χ1) is 30.8. The van der Waals surface area contributed by atoms with Crippen LogP contribution in [0.3, 0.4) is 0 Å². The number of hydrogen-bond donors (Lipinski definition) is 5. The molecule has 1 spiro atoms. The van der Waals surface area contributed by atoms with E-state index in [4.69, 9.17) is 15.2 Å². The van der Waals surface area contributed by atoms with Crippen molar-refractivity contribution in [2.24, 2.45) is 0 Å². The van der Waals surface area contributed by atoms with Crippen LogP contribution >= 0.6 is 0 Å². The van der Waals surface area contributed by atoms with E-state index in [1.54, 1.807) is 12.1 Å². The average molecular weight is 851 g/mol. The van der Waals surface area contributed by atoms with Gasteiger partial charge in [0.15, 0.2) is 6.29 Å². The number of hydrogen-bond acceptors (Lipinski definition) is 9. The van der Waals surface area contributed by atoms with Gasteiger partial charge in [0.1, 0.15) is 5.54 Å². The Kier molecular flexibility index (Phi) is 14.1. The second-order valence-corrected chi connectivity index (χ2v) is 16.9. The molecule has 3 saturated heterocycles. The van der Waals surface area contributed by atoms with Crippen LogP contribution in [0.25, 0.3) is 11.1 Å². The van der Waals surface area contributed by atoms with Gasteiger partial charge in [-0.2, -0.15) is 0 Å². The summed E-state index contributed by atoms with van der Waals surface area (Å²) < 4.78 is 13.4. The predicted molar refractivity (Wildman–Crippen MR) is 245 cm³/mol. The summed E-state index contributed by atoms with van der Waals surface area (Å²) in [4.78, 5) is 43.2. The summed E-state index contributed by atoms with van der Waals surface area (Å²) in [5.74, 6) is -0.00175. The van der Waals surface area contributed by atoms with Crippen molar-refractivity contribution in [1.29, 1.82) is 0 Å². The highest BCUT2D eigenvalue weighted by Crippen LogP contribution is 2.41. The molecule has 328 valence electrons. The summed E-state index contributed by atoms with van der Waals surface area (Å²) in [7, 11) is 0. The third-order valence-corrected chi connectivity index (χ3v) is 12.7. The molecule has 3 fully saturated rings. The maximum absolute atomic E-state index is 13.3. The van der Waals surface area contributed by atoms with Gasteiger partial charge in [0, 0.05) is 56.7 Å². The number of piperidine rings is 1. The number of ether oxygens (including phenoxy) is 2. The molecule has 5 aromatic rings. The van der Waals surface area contributed by atoms with Gasteiger partial charge < -0.3 is 46.1 Å². The fourth-order valence-electron chi connectivity index (χ4n) is 9.09. The Hall–Kier alpha value is -6.05. The molecule has 3 amide bonds. The first-order valence-electron chi connectivity index (χ1n) is 22.2. The van der Waals surface area contributed by atoms with Crippen molar-refractivity contribution in [3.8, 4) is 11.1 Å². The number of carbonyl (C=O) groups excluding carboxylic acids is 3. The van der Waals surface area contributed by atoms with Crippen molar-refractivity contribution >= 4 is 34.8 Å². The number of unbranched alkanes of at least 4 members (excludes halogenated alkanes) is 2. The van der Waals surface area contributed by atoms with Crippen molar-refractivity contribution in [2.75, 3.05) is 42.3 Å². The van der Waals surface area contributed by atoms with Crippen LogP contribution in [0, 0.1) is 0 Å². The number of benzene rings is 5. The van der Waals surface area contributed by atoms with Crippen LogP contribution < -0.4 is 26.6 Å². The van der Waals surface area contributed by atoms with Crippen molar-refractivity contribution in [3.63, 3.8) is 0 Å². The summed E-state index contributed by atoms with van der Waals surface area (Å²) in [6.07, 6.45) is 4.12. The normalized spacial score (nSPS) is 19.7. The molecular weight excluding hydrogens is 793 g/mol. The molecule has 63 heavy (non-hydrogen) atoms. The van der Waals surface area contributed by atoms with Gasteiger partial charge in [-0.15, -0.1) is 0 Å². The quantitative estimate of drug-likeness (QED) is 0.0498. The number of nitrogen functional groups attached to an aromatic ring is 1. The molecule has 0 radical (unpaired) electrons. The summed E-state index contributed by atoms with van der Waals surface area (Å²) in [6.45, 7) is 3.17. The lowest BCUT2D eigenvalue weighted by Crippen LogP contribution is -2.57. The van der Waals surface area contributed by atoms with Crippen LogP contribution in [0.4, 0.5) is 17.1 Å². The Labute approximate surface area is 369 Å². The van der Waals surface area contributed by atoms with Crippen molar-refractivity contribution < 1.29 is 29.0 Å². The topological polar surface area (TPSA) is 158 Å². The zero-order chi connectivity index (χ0) is 43.6. The number of rotatable bonds is 16. The first kappa shape index (κ1) is 43.6. The van der Waals surface area contributed by atoms with E-state index in [-0.39, 0.29) is 36.5 Å². The monoisotopic (exact) mass is 850 g/mol. The number of amides is 3. The maximum Gasteiger partial charge on any atom is 0.247 e. The van der Waals surface area contributed by atoms with Gasteiger partial charge >= 0.3 is 0 Å². The molecule has 5 aromatic carbocycles. The number of nitrogens with two attached hydrogens (primary N) is 1. The number of nitrogens with zero attached hydrogens (tertiary/aromatic N) is 2. The SMILES string of the molecule is Nc1ccccc1NC(=O)CCCCCC(=O)NCc1ccccc1-c1ccc(C2OC(CN3CCC4(CC3)C(=O)NCN4c3ccccc3)CC(c3ccc(CO)cc3)O2)cc1. The molecule has 12 nitrogen and oxygen atoms in total. The summed E-state index contributed by atoms with van der Waals surface area (Å²) in [5.41, 5.74) is 13.4. The molecule has 0 aromatic heterocycles. The predicted octanol–water partition coefficient (Wildman–Crippen LogP) is 7.61. The minimum absolute atomic E-state index is 0.0201. The maximum atomic E-state index is 13.3. The Morgan fingerprint density at radius 3 is 2.21 bits per heavy atom. The zero-order valence-electron chi connectivity index (χ0n) is 35.7. The highest BCUT2D eigenvalue weighted by atomic mass is 16.7. The van der Waals surface area contributed by atoms with Gasteiger partial charge in [0.2, 0.25) is 17.7 Å². The smallest absolute Gasteiger partial charge is 0.247 e. The molecule has 8 rings (SSSR count). The van der Waals surface area contributed by atoms with Gasteiger partial charge in [-0.25, -0.2) is 0 Å². The largest absolute Gasteiger partial charge is 0.397 e. The van der Waals surface area contributed by atoms with Gasteiger partial charge in [0.05, 0.1) is 36.9 Å². The van der Waals surface area contributed by atoms with Gasteiger partial charge in [-0.1, -0.05) is 110 Å². The lowest BCUT2D eigenvalue weighted by molar-refractivity contribution is -0.253. The number of aliphatic hydroxyl groups excluding tert-OH is 1. The van der Waals surface area contributed by atoms with Crippen LogP contribution in [0.1, 0.15) is 86.0 Å². The molecule has 0 aliphatic carbocycles. The molecule has 3 heterocycles. The molecule has 3 atom stereocenters. The Bertz CT molecular complexity index is 2320. The number of anilines is 3. The standard InChI is InChI=1S/C51H58N6O6/c52-44-15-9-10-16-45(44)55-48(60)18-6-2-5-17-47(59)53-32-40-11-7-8-14-43(40)37-23-25-39(26-24-37)49-62-42(31-46(63-49)38-21-19-36(34-58)20-22-38)33-56-29-27-51(28-30-56)50(61)54-35-57(51)41-12-3-1-4-13-41/h1,3-4,7-16,19-26,42,46,49,58H,2,5-6,17-18,27-35,52H2,(H,53,59)(H,54,61)(H,55,60). The third kappa shape index (κ3) is 10.6. The highest BCUT2D eigenvalue weighted by Gasteiger charge is 2.50. The molecule has 3 unspecified atom stereocenters. The van der Waals surface area contributed by atoms with Gasteiger partial charge in [-0.05, 0) is 77.8 Å². The minimum Gasteiger partial charge on any atom is -0.397 e. The lowest BCUT2D eigenvalue weighted by atomic mass is 9.85. The number of para-hydroxylation sites is 3. The number of carbonyl (C=O) groups is 3. The summed E-state index contributed by atoms with van der Waals surface area (Å²) >= 11 is 0. The van der Waals surface area contributed by atoms with Crippen LogP contribution in [-0.4, -0.2) is 65.7 Å². The molecule has 12 heteroatoms. The van der Waals surface area contributed by atoms with Crippen molar-refractivity contribution in [3.05, 3.63) is 150 Å². The molecule has 6 N–H and O–H groups in total. The first-order valence-corrected chi connectivity index (χ1v) is 22.2. The van der Waals surface area contributed by atoms with Crippen LogP contribution in [0.2, 0.25) is 0 Å². The van der Waals surface area contributed by atoms with Crippen molar-refractivity contribution in [2.45, 2.75) is 88.6 Å². The van der Waals surface area contributed by atoms with E-state index in [2.05, 4.69) is 68.2 Å². The second kappa shape index (κ2) is 20.4. The lowest BCUT2D eigenvalue weighted by Gasteiger charge is -2.45. The van der Waals surface area contributed by atoms with Crippen LogP contribution in [0.5, 0.6) is 0 Å².